The van der Waals surface area contributed by atoms with E-state index in [1.165, 1.54) is 49.0 Å². The van der Waals surface area contributed by atoms with Gasteiger partial charge in [0, 0.05) is 50.1 Å². The Morgan fingerprint density at radius 3 is 2.51 bits per heavy atom. The van der Waals surface area contributed by atoms with Crippen LogP contribution < -0.4 is 10.2 Å². The van der Waals surface area contributed by atoms with Gasteiger partial charge in [-0.05, 0) is 92.2 Å². The van der Waals surface area contributed by atoms with Gasteiger partial charge in [0.2, 0.25) is 0 Å². The Hall–Kier alpha value is -2.53. The van der Waals surface area contributed by atoms with Crippen LogP contribution in [0.5, 0.6) is 0 Å². The number of para-hydroxylation sites is 1. The molecule has 2 aromatic rings. The van der Waals surface area contributed by atoms with Crippen molar-refractivity contribution in [1.82, 2.24) is 4.90 Å². The van der Waals surface area contributed by atoms with E-state index in [1.54, 1.807) is 0 Å². The molecule has 1 heterocycles. The summed E-state index contributed by atoms with van der Waals surface area (Å²) < 4.78 is 5.10. The molecule has 5 unspecified atom stereocenters. The summed E-state index contributed by atoms with van der Waals surface area (Å²) in [5, 5.41) is 4.03. The minimum atomic E-state index is -0.246. The topological polar surface area (TPSA) is 44.8 Å². The molecule has 1 N–H and O–H groups in total. The van der Waals surface area contributed by atoms with E-state index in [0.717, 1.165) is 56.4 Å². The van der Waals surface area contributed by atoms with Crippen LogP contribution in [-0.2, 0) is 11.3 Å². The number of rotatable bonds is 7. The highest BCUT2D eigenvalue weighted by Crippen LogP contribution is 2.59. The van der Waals surface area contributed by atoms with Crippen molar-refractivity contribution in [3.05, 3.63) is 59.7 Å². The van der Waals surface area contributed by atoms with Gasteiger partial charge in [-0.25, -0.2) is 4.79 Å². The molecule has 2 bridgehead atoms. The lowest BCUT2D eigenvalue weighted by molar-refractivity contribution is 0.0526. The highest BCUT2D eigenvalue weighted by Gasteiger charge is 2.53. The van der Waals surface area contributed by atoms with Crippen molar-refractivity contribution in [3.8, 4) is 0 Å². The number of nitrogens with one attached hydrogen (secondary N) is 1. The van der Waals surface area contributed by atoms with E-state index >= 15 is 0 Å². The highest BCUT2D eigenvalue weighted by atomic mass is 16.5. The normalized spacial score (nSPS) is 29.9. The van der Waals surface area contributed by atoms with Gasteiger partial charge in [0.1, 0.15) is 0 Å². The molecule has 1 saturated heterocycles. The largest absolute Gasteiger partial charge is 0.462 e. The first kappa shape index (κ1) is 22.9. The van der Waals surface area contributed by atoms with Gasteiger partial charge in [0.25, 0.3) is 0 Å². The average Bonchev–Trinajstić information content (AvgIpc) is 3.60. The maximum Gasteiger partial charge on any atom is 0.338 e. The molecule has 3 aliphatic carbocycles. The summed E-state index contributed by atoms with van der Waals surface area (Å²) in [5.74, 6) is 3.68. The van der Waals surface area contributed by atoms with Gasteiger partial charge in [0.15, 0.2) is 0 Å². The Morgan fingerprint density at radius 1 is 0.943 bits per heavy atom. The summed E-state index contributed by atoms with van der Waals surface area (Å²) in [6.07, 6.45) is 7.29. The van der Waals surface area contributed by atoms with Crippen LogP contribution in [0.15, 0.2) is 48.5 Å². The molecule has 0 amide bonds. The van der Waals surface area contributed by atoms with Crippen molar-refractivity contribution in [2.45, 2.75) is 51.6 Å². The number of hydrogen-bond donors (Lipinski definition) is 1. The third-order valence-corrected chi connectivity index (χ3v) is 9.30. The smallest absolute Gasteiger partial charge is 0.338 e. The van der Waals surface area contributed by atoms with Crippen LogP contribution in [0.4, 0.5) is 11.4 Å². The summed E-state index contributed by atoms with van der Waals surface area (Å²) in [4.78, 5) is 16.9. The molecule has 186 valence electrons. The van der Waals surface area contributed by atoms with Crippen LogP contribution in [0.25, 0.3) is 0 Å². The minimum absolute atomic E-state index is 0.246. The van der Waals surface area contributed by atoms with Gasteiger partial charge in [-0.15, -0.1) is 0 Å². The summed E-state index contributed by atoms with van der Waals surface area (Å²) in [7, 11) is 0. The van der Waals surface area contributed by atoms with Crippen molar-refractivity contribution in [3.63, 3.8) is 0 Å². The van der Waals surface area contributed by atoms with Crippen LogP contribution in [0.3, 0.4) is 0 Å². The van der Waals surface area contributed by atoms with E-state index in [-0.39, 0.29) is 5.97 Å². The monoisotopic (exact) mass is 473 g/mol. The average molecular weight is 474 g/mol. The van der Waals surface area contributed by atoms with Gasteiger partial charge < -0.3 is 15.0 Å². The highest BCUT2D eigenvalue weighted by molar-refractivity contribution is 5.89. The maximum absolute atomic E-state index is 11.9. The molecular formula is C30H39N3O2. The summed E-state index contributed by atoms with van der Waals surface area (Å²) in [6.45, 7) is 7.35. The number of piperazine rings is 1. The Bertz CT molecular complexity index is 1030. The molecule has 0 radical (unpaired) electrons. The van der Waals surface area contributed by atoms with Gasteiger partial charge >= 0.3 is 5.97 Å². The fourth-order valence-electron chi connectivity index (χ4n) is 7.66. The second-order valence-corrected chi connectivity index (χ2v) is 11.1. The molecule has 0 spiro atoms. The molecule has 3 saturated carbocycles. The number of nitrogens with zero attached hydrogens (tertiary/aromatic N) is 2. The number of benzene rings is 2. The Morgan fingerprint density at radius 2 is 1.71 bits per heavy atom. The zero-order valence-corrected chi connectivity index (χ0v) is 21.0. The minimum Gasteiger partial charge on any atom is -0.462 e. The van der Waals surface area contributed by atoms with E-state index in [1.807, 2.05) is 31.2 Å². The van der Waals surface area contributed by atoms with Crippen molar-refractivity contribution in [1.29, 1.82) is 0 Å². The standard InChI is InChI=1S/C30H39N3O2/c1-2-35-30(34)21-10-12-24(13-11-21)33-16-14-32(15-17-33)20-22-6-3-4-9-28(22)31-29-19-23-18-27(29)26-8-5-7-25(23)26/h3-4,6,9-13,23,25-27,29,31H,2,5,7-8,14-20H2,1H3. The fourth-order valence-corrected chi connectivity index (χ4v) is 7.66. The number of carbonyl (C=O) groups excluding carboxylic acids is 1. The molecule has 35 heavy (non-hydrogen) atoms. The van der Waals surface area contributed by atoms with Crippen LogP contribution in [0, 0.1) is 23.7 Å². The number of ether oxygens (including phenoxy) is 1. The number of anilines is 2. The zero-order valence-electron chi connectivity index (χ0n) is 21.0. The lowest BCUT2D eigenvalue weighted by Crippen LogP contribution is -2.46. The third kappa shape index (κ3) is 4.55. The van der Waals surface area contributed by atoms with Gasteiger partial charge in [-0.2, -0.15) is 0 Å². The van der Waals surface area contributed by atoms with Crippen molar-refractivity contribution in [2.24, 2.45) is 23.7 Å². The molecule has 1 aliphatic heterocycles. The Balaban J connectivity index is 1.04. The van der Waals surface area contributed by atoms with E-state index in [0.29, 0.717) is 18.2 Å². The lowest BCUT2D eigenvalue weighted by Gasteiger charge is -2.37. The molecule has 0 aromatic heterocycles. The zero-order chi connectivity index (χ0) is 23.8. The first-order valence-electron chi connectivity index (χ1n) is 13.8. The molecular weight excluding hydrogens is 434 g/mol. The third-order valence-electron chi connectivity index (χ3n) is 9.30. The van der Waals surface area contributed by atoms with E-state index in [9.17, 15) is 4.79 Å². The number of fused-ring (bicyclic) bond motifs is 5. The summed E-state index contributed by atoms with van der Waals surface area (Å²) in [6, 6.07) is 17.5. The SMILES string of the molecule is CCOC(=O)c1ccc(N2CCN(Cc3ccccc3NC3CC4CC3C3CCCC43)CC2)cc1. The Labute approximate surface area is 209 Å². The molecule has 5 heteroatoms. The number of carbonyl (C=O) groups is 1. The van der Waals surface area contributed by atoms with E-state index in [2.05, 4.69) is 39.4 Å². The maximum atomic E-state index is 11.9. The van der Waals surface area contributed by atoms with Crippen molar-refractivity contribution in [2.75, 3.05) is 43.0 Å². The van der Waals surface area contributed by atoms with Crippen LogP contribution in [-0.4, -0.2) is 49.7 Å². The second-order valence-electron chi connectivity index (χ2n) is 11.1. The van der Waals surface area contributed by atoms with Gasteiger partial charge in [-0.1, -0.05) is 24.6 Å². The van der Waals surface area contributed by atoms with Crippen molar-refractivity contribution >= 4 is 17.3 Å². The number of hydrogen-bond acceptors (Lipinski definition) is 5. The molecule has 5 nitrogen and oxygen atoms in total. The second kappa shape index (κ2) is 9.85. The van der Waals surface area contributed by atoms with E-state index < -0.39 is 0 Å². The summed E-state index contributed by atoms with van der Waals surface area (Å²) >= 11 is 0. The predicted octanol–water partition coefficient (Wildman–Crippen LogP) is 5.42. The van der Waals surface area contributed by atoms with Gasteiger partial charge in [0.05, 0.1) is 12.2 Å². The molecule has 2 aromatic carbocycles. The van der Waals surface area contributed by atoms with Gasteiger partial charge in [-0.3, -0.25) is 4.90 Å². The van der Waals surface area contributed by atoms with Crippen LogP contribution in [0.1, 0.15) is 54.9 Å². The first-order chi connectivity index (χ1) is 17.2. The first-order valence-corrected chi connectivity index (χ1v) is 13.8. The summed E-state index contributed by atoms with van der Waals surface area (Å²) in [5.41, 5.74) is 4.60. The lowest BCUT2D eigenvalue weighted by atomic mass is 9.79. The predicted molar refractivity (Wildman–Crippen MR) is 141 cm³/mol. The van der Waals surface area contributed by atoms with Crippen LogP contribution >= 0.6 is 0 Å². The fraction of sp³-hybridized carbons (Fsp3) is 0.567. The number of esters is 1. The molecule has 4 fully saturated rings. The quantitative estimate of drug-likeness (QED) is 0.544. The van der Waals surface area contributed by atoms with Crippen LogP contribution in [0.2, 0.25) is 0 Å². The molecule has 5 atom stereocenters. The van der Waals surface area contributed by atoms with E-state index in [4.69, 9.17) is 4.74 Å². The molecule has 6 rings (SSSR count). The Kier molecular flexibility index (Phi) is 6.44. The molecule has 4 aliphatic rings. The van der Waals surface area contributed by atoms with Crippen molar-refractivity contribution < 1.29 is 9.53 Å².